The highest BCUT2D eigenvalue weighted by molar-refractivity contribution is 7.92. The number of alkyl halides is 2. The van der Waals surface area contributed by atoms with Crippen LogP contribution in [-0.2, 0) is 10.0 Å². The van der Waals surface area contributed by atoms with E-state index in [1.165, 1.54) is 53.6 Å². The smallest absolute Gasteiger partial charge is 0.272 e. The van der Waals surface area contributed by atoms with Crippen molar-refractivity contribution in [3.05, 3.63) is 107 Å². The Hall–Kier alpha value is -5.68. The van der Waals surface area contributed by atoms with Crippen LogP contribution in [0.3, 0.4) is 0 Å². The zero-order chi connectivity index (χ0) is 35.0. The fourth-order valence-corrected chi connectivity index (χ4v) is 6.02. The van der Waals surface area contributed by atoms with Crippen LogP contribution in [0.5, 0.6) is 17.4 Å². The van der Waals surface area contributed by atoms with Gasteiger partial charge < -0.3 is 20.2 Å². The molecule has 4 heterocycles. The van der Waals surface area contributed by atoms with Crippen LogP contribution in [0.2, 0.25) is 5.02 Å². The van der Waals surface area contributed by atoms with Gasteiger partial charge in [0.05, 0.1) is 40.0 Å². The first-order valence-electron chi connectivity index (χ1n) is 14.0. The summed E-state index contributed by atoms with van der Waals surface area (Å²) < 4.78 is 94.3. The average molecular weight is 716 g/mol. The number of pyridine rings is 2. The molecule has 0 aliphatic carbocycles. The number of aromatic nitrogens is 5. The summed E-state index contributed by atoms with van der Waals surface area (Å²) in [6.45, 7) is 0.608. The number of benzene rings is 2. The normalized spacial score (nSPS) is 11.7. The number of H-pyrrole nitrogens is 1. The van der Waals surface area contributed by atoms with E-state index < -0.39 is 46.2 Å². The molecule has 0 amide bonds. The van der Waals surface area contributed by atoms with Gasteiger partial charge >= 0.3 is 0 Å². The number of fused-ring (bicyclic) bond motifs is 1. The van der Waals surface area contributed by atoms with Gasteiger partial charge in [-0.1, -0.05) is 17.7 Å². The van der Waals surface area contributed by atoms with Crippen molar-refractivity contribution in [3.63, 3.8) is 0 Å². The molecule has 6 aromatic rings. The number of hydrogen-bond acceptors (Lipinski definition) is 9. The van der Waals surface area contributed by atoms with Gasteiger partial charge in [0.1, 0.15) is 23.1 Å². The number of hydrogen-bond donors (Lipinski definition) is 3. The molecule has 12 nitrogen and oxygen atoms in total. The Kier molecular flexibility index (Phi) is 8.87. The van der Waals surface area contributed by atoms with Crippen molar-refractivity contribution in [2.24, 2.45) is 0 Å². The van der Waals surface area contributed by atoms with Crippen LogP contribution < -0.4 is 19.9 Å². The molecule has 0 radical (unpaired) electrons. The number of nitrogens with one attached hydrogen (secondary N) is 2. The third-order valence-corrected chi connectivity index (χ3v) is 8.57. The van der Waals surface area contributed by atoms with E-state index in [0.29, 0.717) is 16.6 Å². The average Bonchev–Trinajstić information content (AvgIpc) is 3.64. The number of aromatic amines is 1. The number of para-hydroxylation sites is 1. The second-order valence-corrected chi connectivity index (χ2v) is 12.5. The maximum Gasteiger partial charge on any atom is 0.272 e. The third kappa shape index (κ3) is 6.84. The van der Waals surface area contributed by atoms with Crippen molar-refractivity contribution >= 4 is 49.8 Å². The van der Waals surface area contributed by atoms with Crippen LogP contribution in [0.1, 0.15) is 21.6 Å². The lowest BCUT2D eigenvalue weighted by atomic mass is 10.1. The van der Waals surface area contributed by atoms with E-state index in [2.05, 4.69) is 24.8 Å². The number of nitrogens with zero attached hydrogens (tertiary/aromatic N) is 4. The van der Waals surface area contributed by atoms with Gasteiger partial charge in [-0.15, -0.1) is 0 Å². The quantitative estimate of drug-likeness (QED) is 0.101. The van der Waals surface area contributed by atoms with Crippen molar-refractivity contribution in [2.75, 3.05) is 17.1 Å². The van der Waals surface area contributed by atoms with Crippen LogP contribution in [0, 0.1) is 18.6 Å². The molecule has 252 valence electrons. The van der Waals surface area contributed by atoms with E-state index in [9.17, 15) is 30.8 Å². The Morgan fingerprint density at radius 2 is 1.84 bits per heavy atom. The van der Waals surface area contributed by atoms with E-state index in [4.69, 9.17) is 26.8 Å². The number of sulfonamides is 1. The van der Waals surface area contributed by atoms with E-state index in [1.54, 1.807) is 6.92 Å². The van der Waals surface area contributed by atoms with Crippen molar-refractivity contribution in [3.8, 4) is 23.1 Å². The minimum absolute atomic E-state index is 0.00520. The molecular formula is C31H22ClF4N7O5S. The largest absolute Gasteiger partial charge is 0.485 e. The highest BCUT2D eigenvalue weighted by Crippen LogP contribution is 2.34. The van der Waals surface area contributed by atoms with Crippen LogP contribution in [0.25, 0.3) is 16.6 Å². The fraction of sp³-hybridized carbons (Fsp3) is 0.0968. The maximum absolute atomic E-state index is 14.0. The lowest BCUT2D eigenvalue weighted by molar-refractivity contribution is 0.0823. The highest BCUT2D eigenvalue weighted by Gasteiger charge is 2.24. The minimum Gasteiger partial charge on any atom is -0.485 e. The van der Waals surface area contributed by atoms with Crippen molar-refractivity contribution in [1.29, 1.82) is 0 Å². The van der Waals surface area contributed by atoms with E-state index >= 15 is 0 Å². The summed E-state index contributed by atoms with van der Waals surface area (Å²) in [5.41, 5.74) is 7.17. The molecule has 0 unspecified atom stereocenters. The van der Waals surface area contributed by atoms with Gasteiger partial charge in [0.2, 0.25) is 17.4 Å². The number of ether oxygens (including phenoxy) is 2. The van der Waals surface area contributed by atoms with Gasteiger partial charge in [0.15, 0.2) is 11.6 Å². The summed E-state index contributed by atoms with van der Waals surface area (Å²) >= 11 is 5.88. The van der Waals surface area contributed by atoms with Gasteiger partial charge in [-0.25, -0.2) is 35.6 Å². The Morgan fingerprint density at radius 1 is 1.08 bits per heavy atom. The topological polar surface area (TPSA) is 167 Å². The molecule has 49 heavy (non-hydrogen) atoms. The molecule has 2 aromatic carbocycles. The zero-order valence-electron chi connectivity index (χ0n) is 24.9. The summed E-state index contributed by atoms with van der Waals surface area (Å²) in [6, 6.07) is 9.80. The lowest BCUT2D eigenvalue weighted by Crippen LogP contribution is -2.15. The summed E-state index contributed by atoms with van der Waals surface area (Å²) in [4.78, 5) is 24.0. The molecule has 0 bridgehead atoms. The third-order valence-electron chi connectivity index (χ3n) is 7.03. The molecule has 0 spiro atoms. The zero-order valence-corrected chi connectivity index (χ0v) is 26.5. The monoisotopic (exact) mass is 715 g/mol. The van der Waals surface area contributed by atoms with Crippen LogP contribution >= 0.6 is 11.6 Å². The summed E-state index contributed by atoms with van der Waals surface area (Å²) in [6.07, 6.45) is 1.94. The van der Waals surface area contributed by atoms with Gasteiger partial charge in [-0.3, -0.25) is 14.5 Å². The molecule has 0 saturated heterocycles. The maximum atomic E-state index is 14.0. The first kappa shape index (κ1) is 33.2. The first-order chi connectivity index (χ1) is 23.3. The predicted octanol–water partition coefficient (Wildman–Crippen LogP) is 6.43. The Bertz CT molecular complexity index is 2330. The molecule has 0 aliphatic heterocycles. The number of aryl methyl sites for hydroxylation is 1. The van der Waals surface area contributed by atoms with Crippen molar-refractivity contribution in [2.45, 2.75) is 18.2 Å². The Morgan fingerprint density at radius 3 is 2.53 bits per heavy atom. The summed E-state index contributed by atoms with van der Waals surface area (Å²) in [7, 11) is -4.29. The number of nitrogens with two attached hydrogens (primary N) is 1. The SMILES string of the molecule is Cc1cc(Oc2c(F)cccc2F)ncc1-n1ncc(C(=O)c2cc3cc(OCC(F)F)c(NS(=O)(=O)c4cncc(Cl)c4)cc3[nH]2)c1N. The van der Waals surface area contributed by atoms with Crippen molar-refractivity contribution in [1.82, 2.24) is 24.7 Å². The summed E-state index contributed by atoms with van der Waals surface area (Å²) in [5, 5.41) is 4.59. The van der Waals surface area contributed by atoms with Gasteiger partial charge in [0.25, 0.3) is 16.4 Å². The van der Waals surface area contributed by atoms with E-state index in [1.807, 2.05) is 0 Å². The van der Waals surface area contributed by atoms with Crippen molar-refractivity contribution < 1.29 is 40.2 Å². The summed E-state index contributed by atoms with van der Waals surface area (Å²) in [5.74, 6) is -3.47. The van der Waals surface area contributed by atoms with Crippen LogP contribution in [-0.4, -0.2) is 52.0 Å². The number of carbonyl (C=O) groups excluding carboxylic acids is 1. The number of nitrogen functional groups attached to an aromatic ring is 1. The fourth-order valence-electron chi connectivity index (χ4n) is 4.73. The number of rotatable bonds is 11. The molecule has 4 N–H and O–H groups in total. The van der Waals surface area contributed by atoms with E-state index in [0.717, 1.165) is 24.4 Å². The first-order valence-corrected chi connectivity index (χ1v) is 15.8. The molecule has 4 aromatic heterocycles. The van der Waals surface area contributed by atoms with Gasteiger partial charge in [-0.2, -0.15) is 5.10 Å². The number of halogens is 5. The minimum atomic E-state index is -4.29. The standard InChI is InChI=1S/C31H22ClF4N7O5S/c1-15-5-28(48-30-20(33)3-2-4-21(30)34)39-13-25(15)43-31(37)19(12-40-43)29(44)24-6-16-7-26(47-14-27(35)36)23(9-22(16)41-24)42-49(45,46)18-8-17(32)10-38-11-18/h2-13,27,41-42H,14,37H2,1H3. The molecule has 0 saturated carbocycles. The molecule has 0 aliphatic rings. The van der Waals surface area contributed by atoms with Crippen LogP contribution in [0.15, 0.2) is 78.2 Å². The number of ketones is 1. The van der Waals surface area contributed by atoms with Gasteiger partial charge in [0, 0.05) is 29.4 Å². The van der Waals surface area contributed by atoms with E-state index in [-0.39, 0.29) is 49.8 Å². The van der Waals surface area contributed by atoms with Gasteiger partial charge in [-0.05, 0) is 48.9 Å². The van der Waals surface area contributed by atoms with Crippen LogP contribution in [0.4, 0.5) is 29.1 Å². The second-order valence-electron chi connectivity index (χ2n) is 10.4. The lowest BCUT2D eigenvalue weighted by Gasteiger charge is -2.14. The number of carbonyl (C=O) groups is 1. The molecule has 18 heteroatoms. The molecular weight excluding hydrogens is 694 g/mol. The Balaban J connectivity index is 1.29. The molecule has 6 rings (SSSR count). The molecule has 0 fully saturated rings. The number of anilines is 2. The predicted molar refractivity (Wildman–Crippen MR) is 170 cm³/mol. The highest BCUT2D eigenvalue weighted by atomic mass is 35.5. The molecule has 0 atom stereocenters. The second kappa shape index (κ2) is 13.1. The Labute approximate surface area is 279 Å².